The molecule has 1 unspecified atom stereocenters. The fourth-order valence-electron chi connectivity index (χ4n) is 2.14. The quantitative estimate of drug-likeness (QED) is 0.178. The first-order chi connectivity index (χ1) is 12.6. The zero-order valence-electron chi connectivity index (χ0n) is 15.6. The Hall–Kier alpha value is -2.59. The molecular weight excluding hydrogens is 328 g/mol. The van der Waals surface area contributed by atoms with Gasteiger partial charge in [0.15, 0.2) is 0 Å². The van der Waals surface area contributed by atoms with Crippen LogP contribution in [0.3, 0.4) is 0 Å². The maximum Gasteiger partial charge on any atom is 0.330 e. The molecule has 1 rings (SSSR count). The second-order valence-electron chi connectivity index (χ2n) is 5.70. The smallest absolute Gasteiger partial charge is 0.330 e. The molecule has 0 aliphatic heterocycles. The molecule has 0 N–H and O–H groups in total. The number of ether oxygens (including phenoxy) is 3. The van der Waals surface area contributed by atoms with E-state index in [9.17, 15) is 4.79 Å². The molecule has 4 heteroatoms. The van der Waals surface area contributed by atoms with E-state index in [2.05, 4.69) is 19.2 Å². The number of rotatable bonds is 12. The first kappa shape index (κ1) is 21.5. The van der Waals surface area contributed by atoms with E-state index in [1.807, 2.05) is 43.3 Å². The fraction of sp³-hybridized carbons (Fsp3) is 0.318. The number of esters is 1. The van der Waals surface area contributed by atoms with Gasteiger partial charge in [0.1, 0.15) is 11.9 Å². The molecule has 0 amide bonds. The Morgan fingerprint density at radius 1 is 1.23 bits per heavy atom. The number of allylic oxidation sites excluding steroid dienone is 2. The summed E-state index contributed by atoms with van der Waals surface area (Å²) in [5.74, 6) is 0.405. The van der Waals surface area contributed by atoms with E-state index in [0.29, 0.717) is 19.6 Å². The summed E-state index contributed by atoms with van der Waals surface area (Å²) in [6.07, 6.45) is 9.81. The van der Waals surface area contributed by atoms with Crippen molar-refractivity contribution in [2.45, 2.75) is 32.5 Å². The van der Waals surface area contributed by atoms with E-state index >= 15 is 0 Å². The van der Waals surface area contributed by atoms with Crippen molar-refractivity contribution in [2.24, 2.45) is 0 Å². The van der Waals surface area contributed by atoms with Gasteiger partial charge < -0.3 is 14.2 Å². The van der Waals surface area contributed by atoms with E-state index in [4.69, 9.17) is 14.2 Å². The first-order valence-electron chi connectivity index (χ1n) is 8.58. The van der Waals surface area contributed by atoms with Crippen molar-refractivity contribution in [1.29, 1.82) is 0 Å². The summed E-state index contributed by atoms with van der Waals surface area (Å²) in [5, 5.41) is 0. The highest BCUT2D eigenvalue weighted by Crippen LogP contribution is 2.12. The number of benzene rings is 1. The Bertz CT molecular complexity index is 626. The molecule has 140 valence electrons. The third-order valence-electron chi connectivity index (χ3n) is 3.56. The minimum absolute atomic E-state index is 0.326. The van der Waals surface area contributed by atoms with Crippen molar-refractivity contribution in [3.8, 4) is 5.75 Å². The fourth-order valence-corrected chi connectivity index (χ4v) is 2.14. The minimum atomic E-state index is -0.435. The van der Waals surface area contributed by atoms with E-state index in [1.165, 1.54) is 0 Å². The van der Waals surface area contributed by atoms with Crippen LogP contribution >= 0.6 is 0 Å². The highest BCUT2D eigenvalue weighted by Gasteiger charge is 2.06. The third-order valence-corrected chi connectivity index (χ3v) is 3.56. The molecule has 0 saturated heterocycles. The Morgan fingerprint density at radius 3 is 2.58 bits per heavy atom. The SMILES string of the molecule is C=CCC(/C=C/C(C)=C/CCOCc1ccc(OC)cc1)OC(=O)C=C. The number of carbonyl (C=O) groups is 1. The van der Waals surface area contributed by atoms with Crippen LogP contribution in [0.4, 0.5) is 0 Å². The molecule has 0 saturated carbocycles. The van der Waals surface area contributed by atoms with E-state index in [0.717, 1.165) is 29.4 Å². The zero-order valence-corrected chi connectivity index (χ0v) is 15.6. The maximum atomic E-state index is 11.3. The number of carbonyl (C=O) groups excluding carboxylic acids is 1. The van der Waals surface area contributed by atoms with Crippen molar-refractivity contribution in [3.05, 3.63) is 78.9 Å². The number of methoxy groups -OCH3 is 1. The Kier molecular flexibility index (Phi) is 10.5. The topological polar surface area (TPSA) is 44.8 Å². The molecule has 0 fully saturated rings. The molecule has 0 bridgehead atoms. The molecule has 1 aromatic carbocycles. The second-order valence-corrected chi connectivity index (χ2v) is 5.70. The van der Waals surface area contributed by atoms with E-state index in [1.54, 1.807) is 13.2 Å². The predicted octanol–water partition coefficient (Wildman–Crippen LogP) is 4.78. The van der Waals surface area contributed by atoms with Crippen LogP contribution in [0.15, 0.2) is 73.4 Å². The van der Waals surface area contributed by atoms with Gasteiger partial charge in [-0.2, -0.15) is 0 Å². The summed E-state index contributed by atoms with van der Waals surface area (Å²) >= 11 is 0. The average molecular weight is 356 g/mol. The molecule has 0 aromatic heterocycles. The van der Waals surface area contributed by atoms with E-state index in [-0.39, 0.29) is 6.10 Å². The van der Waals surface area contributed by atoms with Crippen molar-refractivity contribution in [1.82, 2.24) is 0 Å². The lowest BCUT2D eigenvalue weighted by molar-refractivity contribution is -0.140. The van der Waals surface area contributed by atoms with Crippen LogP contribution in [0.2, 0.25) is 0 Å². The minimum Gasteiger partial charge on any atom is -0.497 e. The molecule has 26 heavy (non-hydrogen) atoms. The van der Waals surface area contributed by atoms with Crippen LogP contribution in [0.1, 0.15) is 25.3 Å². The molecule has 4 nitrogen and oxygen atoms in total. The Morgan fingerprint density at radius 2 is 1.96 bits per heavy atom. The van der Waals surface area contributed by atoms with Gasteiger partial charge in [-0.3, -0.25) is 0 Å². The second kappa shape index (κ2) is 12.7. The number of hydrogen-bond acceptors (Lipinski definition) is 4. The van der Waals surface area contributed by atoms with Gasteiger partial charge in [0, 0.05) is 12.5 Å². The summed E-state index contributed by atoms with van der Waals surface area (Å²) in [4.78, 5) is 11.3. The average Bonchev–Trinajstić information content (AvgIpc) is 2.66. The van der Waals surface area contributed by atoms with Gasteiger partial charge in [-0.05, 0) is 37.1 Å². The summed E-state index contributed by atoms with van der Waals surface area (Å²) in [6, 6.07) is 7.83. The standard InChI is InChI=1S/C22H28O4/c1-5-8-21(26-22(23)6-2)13-10-18(3)9-7-16-25-17-19-11-14-20(24-4)15-12-19/h5-6,9-15,21H,1-2,7-8,16-17H2,3-4H3/b13-10+,18-9+. The molecule has 1 aromatic rings. The van der Waals surface area contributed by atoms with Crippen molar-refractivity contribution in [3.63, 3.8) is 0 Å². The molecule has 0 aliphatic carbocycles. The first-order valence-corrected chi connectivity index (χ1v) is 8.58. The molecular formula is C22H28O4. The maximum absolute atomic E-state index is 11.3. The van der Waals surface area contributed by atoms with Crippen LogP contribution in [-0.4, -0.2) is 25.8 Å². The highest BCUT2D eigenvalue weighted by molar-refractivity contribution is 5.81. The lowest BCUT2D eigenvalue weighted by Gasteiger charge is -2.10. The lowest BCUT2D eigenvalue weighted by Crippen LogP contribution is -2.13. The van der Waals surface area contributed by atoms with Gasteiger partial charge in [0.05, 0.1) is 20.3 Å². The summed E-state index contributed by atoms with van der Waals surface area (Å²) in [6.45, 7) is 10.3. The summed E-state index contributed by atoms with van der Waals surface area (Å²) < 4.78 is 16.0. The van der Waals surface area contributed by atoms with Crippen LogP contribution < -0.4 is 4.74 Å². The van der Waals surface area contributed by atoms with Crippen LogP contribution in [0.5, 0.6) is 5.75 Å². The molecule has 0 radical (unpaired) electrons. The summed E-state index contributed by atoms with van der Waals surface area (Å²) in [5.41, 5.74) is 2.20. The Balaban J connectivity index is 2.35. The molecule has 0 aliphatic rings. The largest absolute Gasteiger partial charge is 0.497 e. The third kappa shape index (κ3) is 9.04. The lowest BCUT2D eigenvalue weighted by atomic mass is 10.1. The molecule has 0 spiro atoms. The van der Waals surface area contributed by atoms with Gasteiger partial charge in [-0.1, -0.05) is 42.5 Å². The van der Waals surface area contributed by atoms with Gasteiger partial charge in [-0.15, -0.1) is 6.58 Å². The van der Waals surface area contributed by atoms with Gasteiger partial charge in [0.25, 0.3) is 0 Å². The van der Waals surface area contributed by atoms with Gasteiger partial charge >= 0.3 is 5.97 Å². The monoisotopic (exact) mass is 356 g/mol. The highest BCUT2D eigenvalue weighted by atomic mass is 16.5. The van der Waals surface area contributed by atoms with Crippen molar-refractivity contribution >= 4 is 5.97 Å². The molecule has 0 heterocycles. The number of hydrogen-bond donors (Lipinski definition) is 0. The predicted molar refractivity (Wildman–Crippen MR) is 105 cm³/mol. The summed E-state index contributed by atoms with van der Waals surface area (Å²) in [7, 11) is 1.65. The van der Waals surface area contributed by atoms with Crippen LogP contribution in [0, 0.1) is 0 Å². The zero-order chi connectivity index (χ0) is 19.2. The Labute approximate surface area is 156 Å². The van der Waals surface area contributed by atoms with Crippen LogP contribution in [-0.2, 0) is 20.9 Å². The molecule has 1 atom stereocenters. The van der Waals surface area contributed by atoms with Crippen molar-refractivity contribution in [2.75, 3.05) is 13.7 Å². The van der Waals surface area contributed by atoms with E-state index < -0.39 is 5.97 Å². The van der Waals surface area contributed by atoms with Gasteiger partial charge in [-0.25, -0.2) is 4.79 Å². The van der Waals surface area contributed by atoms with Crippen molar-refractivity contribution < 1.29 is 19.0 Å². The van der Waals surface area contributed by atoms with Gasteiger partial charge in [0.2, 0.25) is 0 Å². The van der Waals surface area contributed by atoms with Crippen LogP contribution in [0.25, 0.3) is 0 Å². The normalized spacial score (nSPS) is 12.6.